The van der Waals surface area contributed by atoms with Crippen LogP contribution >= 0.6 is 12.4 Å². The molecule has 0 bridgehead atoms. The number of piperazine rings is 1. The summed E-state index contributed by atoms with van der Waals surface area (Å²) in [7, 11) is 1.91. The topological polar surface area (TPSA) is 50.2 Å². The molecule has 0 saturated carbocycles. The minimum Gasteiger partial charge on any atom is -0.336 e. The average molecular weight is 339 g/mol. The minimum atomic E-state index is -0.382. The van der Waals surface area contributed by atoms with E-state index in [9.17, 15) is 9.18 Å². The Bertz CT molecular complexity index is 683. The van der Waals surface area contributed by atoms with Gasteiger partial charge in [-0.05, 0) is 30.7 Å². The Kier molecular flexibility index (Phi) is 5.38. The fourth-order valence-corrected chi connectivity index (χ4v) is 2.90. The van der Waals surface area contributed by atoms with Gasteiger partial charge in [0.1, 0.15) is 17.7 Å². The number of nitrogens with zero attached hydrogens (tertiary/aromatic N) is 3. The van der Waals surface area contributed by atoms with E-state index in [1.807, 2.05) is 17.8 Å². The summed E-state index contributed by atoms with van der Waals surface area (Å²) in [4.78, 5) is 18.9. The molecule has 1 saturated heterocycles. The predicted molar refractivity (Wildman–Crippen MR) is 88.2 cm³/mol. The van der Waals surface area contributed by atoms with Crippen molar-refractivity contribution in [3.63, 3.8) is 0 Å². The van der Waals surface area contributed by atoms with Crippen LogP contribution < -0.4 is 5.32 Å². The maximum atomic E-state index is 13.6. The number of rotatable bonds is 2. The fraction of sp³-hybridized carbons (Fsp3) is 0.375. The normalized spacial score (nSPS) is 17.7. The first-order chi connectivity index (χ1) is 10.6. The van der Waals surface area contributed by atoms with Gasteiger partial charge in [0.2, 0.25) is 0 Å². The summed E-state index contributed by atoms with van der Waals surface area (Å²) in [6, 6.07) is 4.30. The van der Waals surface area contributed by atoms with Gasteiger partial charge in [-0.3, -0.25) is 4.79 Å². The van der Waals surface area contributed by atoms with Gasteiger partial charge in [-0.2, -0.15) is 0 Å². The molecule has 23 heavy (non-hydrogen) atoms. The third kappa shape index (κ3) is 3.54. The Hall–Kier alpha value is -1.92. The average Bonchev–Trinajstić information content (AvgIpc) is 2.91. The van der Waals surface area contributed by atoms with E-state index in [0.717, 1.165) is 17.9 Å². The zero-order chi connectivity index (χ0) is 15.7. The number of aromatic nitrogens is 2. The third-order valence-electron chi connectivity index (χ3n) is 3.95. The highest BCUT2D eigenvalue weighted by Crippen LogP contribution is 2.23. The summed E-state index contributed by atoms with van der Waals surface area (Å²) in [5, 5.41) is 3.29. The SMILES string of the molecule is Cc1cc(F)cc(C(=O)N2CCNCC2c2nccn2C)c1.Cl. The van der Waals surface area contributed by atoms with Crippen molar-refractivity contribution in [2.75, 3.05) is 19.6 Å². The second kappa shape index (κ2) is 7.10. The Labute approximate surface area is 140 Å². The molecule has 0 aliphatic carbocycles. The molecule has 1 aromatic heterocycles. The van der Waals surface area contributed by atoms with E-state index in [1.165, 1.54) is 12.1 Å². The van der Waals surface area contributed by atoms with Gasteiger partial charge in [0.05, 0.1) is 0 Å². The molecule has 1 unspecified atom stereocenters. The Balaban J connectivity index is 0.00000192. The second-order valence-corrected chi connectivity index (χ2v) is 5.63. The van der Waals surface area contributed by atoms with Gasteiger partial charge in [-0.15, -0.1) is 12.4 Å². The van der Waals surface area contributed by atoms with Gasteiger partial charge >= 0.3 is 0 Å². The lowest BCUT2D eigenvalue weighted by Crippen LogP contribution is -2.49. The summed E-state index contributed by atoms with van der Waals surface area (Å²) >= 11 is 0. The number of carbonyl (C=O) groups is 1. The van der Waals surface area contributed by atoms with Gasteiger partial charge in [0.15, 0.2) is 0 Å². The highest BCUT2D eigenvalue weighted by molar-refractivity contribution is 5.94. The first kappa shape index (κ1) is 17.4. The molecule has 0 spiro atoms. The lowest BCUT2D eigenvalue weighted by molar-refractivity contribution is 0.0620. The summed E-state index contributed by atoms with van der Waals surface area (Å²) < 4.78 is 15.5. The first-order valence-electron chi connectivity index (χ1n) is 7.32. The van der Waals surface area contributed by atoms with Crippen LogP contribution in [0.2, 0.25) is 0 Å². The van der Waals surface area contributed by atoms with Crippen molar-refractivity contribution in [1.82, 2.24) is 19.8 Å². The molecule has 1 fully saturated rings. The number of aryl methyl sites for hydroxylation is 2. The highest BCUT2D eigenvalue weighted by Gasteiger charge is 2.31. The van der Waals surface area contributed by atoms with E-state index in [4.69, 9.17) is 0 Å². The molecule has 3 rings (SSSR count). The van der Waals surface area contributed by atoms with Gasteiger partial charge in [-0.25, -0.2) is 9.37 Å². The number of hydrogen-bond acceptors (Lipinski definition) is 3. The number of carbonyl (C=O) groups excluding carboxylic acids is 1. The fourth-order valence-electron chi connectivity index (χ4n) is 2.90. The number of nitrogens with one attached hydrogen (secondary N) is 1. The van der Waals surface area contributed by atoms with Crippen LogP contribution in [0.3, 0.4) is 0 Å². The van der Waals surface area contributed by atoms with Crippen LogP contribution in [0.1, 0.15) is 27.8 Å². The van der Waals surface area contributed by atoms with E-state index in [0.29, 0.717) is 18.7 Å². The van der Waals surface area contributed by atoms with Crippen LogP contribution in [0.15, 0.2) is 30.6 Å². The van der Waals surface area contributed by atoms with E-state index in [2.05, 4.69) is 10.3 Å². The quantitative estimate of drug-likeness (QED) is 0.912. The lowest BCUT2D eigenvalue weighted by Gasteiger charge is -2.35. The zero-order valence-corrected chi connectivity index (χ0v) is 13.9. The van der Waals surface area contributed by atoms with E-state index in [-0.39, 0.29) is 30.2 Å². The van der Waals surface area contributed by atoms with Gasteiger partial charge < -0.3 is 14.8 Å². The molecule has 2 heterocycles. The number of benzene rings is 1. The standard InChI is InChI=1S/C16H19FN4O.ClH/c1-11-7-12(9-13(17)8-11)16(22)21-6-3-18-10-14(21)15-19-4-5-20(15)2;/h4-5,7-9,14,18H,3,6,10H2,1-2H3;1H. The highest BCUT2D eigenvalue weighted by atomic mass is 35.5. The molecular weight excluding hydrogens is 319 g/mol. The molecule has 1 aliphatic heterocycles. The Morgan fingerprint density at radius 1 is 1.39 bits per heavy atom. The maximum Gasteiger partial charge on any atom is 0.254 e. The zero-order valence-electron chi connectivity index (χ0n) is 13.1. The van der Waals surface area contributed by atoms with Gasteiger partial charge in [-0.1, -0.05) is 0 Å². The monoisotopic (exact) mass is 338 g/mol. The molecule has 1 aliphatic rings. The second-order valence-electron chi connectivity index (χ2n) is 5.63. The van der Waals surface area contributed by atoms with Crippen molar-refractivity contribution in [3.05, 3.63) is 53.4 Å². The molecule has 0 radical (unpaired) electrons. The molecule has 5 nitrogen and oxygen atoms in total. The molecule has 124 valence electrons. The summed E-state index contributed by atoms with van der Waals surface area (Å²) in [5.74, 6) is 0.290. The van der Waals surface area contributed by atoms with Crippen molar-refractivity contribution in [1.29, 1.82) is 0 Å². The van der Waals surface area contributed by atoms with Crippen LogP contribution in [0.4, 0.5) is 4.39 Å². The van der Waals surface area contributed by atoms with Crippen molar-refractivity contribution in [3.8, 4) is 0 Å². The number of amides is 1. The lowest BCUT2D eigenvalue weighted by atomic mass is 10.1. The van der Waals surface area contributed by atoms with E-state index >= 15 is 0 Å². The van der Waals surface area contributed by atoms with Crippen molar-refractivity contribution >= 4 is 18.3 Å². The summed E-state index contributed by atoms with van der Waals surface area (Å²) in [6.07, 6.45) is 3.58. The molecule has 1 N–H and O–H groups in total. The number of halogens is 2. The maximum absolute atomic E-state index is 13.6. The van der Waals surface area contributed by atoms with Crippen LogP contribution in [-0.4, -0.2) is 40.0 Å². The van der Waals surface area contributed by atoms with Crippen LogP contribution in [0.25, 0.3) is 0 Å². The molecule has 7 heteroatoms. The van der Waals surface area contributed by atoms with Crippen LogP contribution in [-0.2, 0) is 7.05 Å². The largest absolute Gasteiger partial charge is 0.336 e. The molecule has 1 atom stereocenters. The number of hydrogen-bond donors (Lipinski definition) is 1. The van der Waals surface area contributed by atoms with Crippen LogP contribution in [0, 0.1) is 12.7 Å². The minimum absolute atomic E-state index is 0. The Morgan fingerprint density at radius 2 is 2.17 bits per heavy atom. The molecule has 1 amide bonds. The Morgan fingerprint density at radius 3 is 2.83 bits per heavy atom. The first-order valence-corrected chi connectivity index (χ1v) is 7.32. The summed E-state index contributed by atoms with van der Waals surface area (Å²) in [6.45, 7) is 3.73. The third-order valence-corrected chi connectivity index (χ3v) is 3.95. The summed E-state index contributed by atoms with van der Waals surface area (Å²) in [5.41, 5.74) is 1.13. The van der Waals surface area contributed by atoms with Crippen LogP contribution in [0.5, 0.6) is 0 Å². The molecule has 2 aromatic rings. The van der Waals surface area contributed by atoms with Gasteiger partial charge in [0.25, 0.3) is 5.91 Å². The van der Waals surface area contributed by atoms with Crippen molar-refractivity contribution in [2.45, 2.75) is 13.0 Å². The number of imidazole rings is 1. The van der Waals surface area contributed by atoms with Crippen molar-refractivity contribution in [2.24, 2.45) is 7.05 Å². The van der Waals surface area contributed by atoms with E-state index in [1.54, 1.807) is 24.1 Å². The van der Waals surface area contributed by atoms with Crippen molar-refractivity contribution < 1.29 is 9.18 Å². The molecular formula is C16H20ClFN4O. The predicted octanol–water partition coefficient (Wildman–Crippen LogP) is 2.08. The van der Waals surface area contributed by atoms with E-state index < -0.39 is 0 Å². The molecule has 1 aromatic carbocycles. The smallest absolute Gasteiger partial charge is 0.254 e. The van der Waals surface area contributed by atoms with Gasteiger partial charge in [0, 0.05) is 44.6 Å².